The number of hydrogen-bond acceptors (Lipinski definition) is 2. The molecule has 0 atom stereocenters. The number of fused-ring (bicyclic) bond motifs is 4. The second-order valence-corrected chi connectivity index (χ2v) is 25.2. The summed E-state index contributed by atoms with van der Waals surface area (Å²) in [5, 5.41) is 13.3. The molecule has 0 radical (unpaired) electrons. The maximum absolute atomic E-state index is 6.29. The Morgan fingerprint density at radius 1 is 0.225 bits per heavy atom. The molecule has 5 heteroatoms. The molecule has 0 amide bonds. The first kappa shape index (κ1) is 54.4. The molecule has 0 spiro atoms. The molecule has 4 heterocycles. The molecule has 0 N–H and O–H groups in total. The van der Waals surface area contributed by atoms with Crippen molar-refractivity contribution in [3.05, 3.63) is 263 Å². The Labute approximate surface area is 531 Å². The third-order valence-corrected chi connectivity index (χ3v) is 18.4. The van der Waals surface area contributed by atoms with Crippen molar-refractivity contribution in [1.29, 1.82) is 0 Å². The SMILES string of the molecule is Cc1cc(C)cc(-c2c3nc(c(-c4cc(C)cc(C)c4)c4[n-]c(c(-c5cc(C)cc(C)c5)c5nc(c(-c6cc(C)cc(C)c6)c6[n-]c2c2cc7ccccc7cc62)-c2cc6ccccc6cc2-5)c2cc5ccccc5cc42)-c2cc4ccccc4cc2-3)c1.[Pd+2]. The first-order valence-corrected chi connectivity index (χ1v) is 30.6. The summed E-state index contributed by atoms with van der Waals surface area (Å²) in [5.41, 5.74) is 28.6. The van der Waals surface area contributed by atoms with Gasteiger partial charge in [0.2, 0.25) is 0 Å². The van der Waals surface area contributed by atoms with E-state index >= 15 is 0 Å². The van der Waals surface area contributed by atoms with Crippen molar-refractivity contribution in [3.8, 4) is 89.5 Å². The summed E-state index contributed by atoms with van der Waals surface area (Å²) < 4.78 is 0. The summed E-state index contributed by atoms with van der Waals surface area (Å²) >= 11 is 0. The van der Waals surface area contributed by atoms with Crippen molar-refractivity contribution in [2.24, 2.45) is 0 Å². The smallest absolute Gasteiger partial charge is 0.656 e. The quantitative estimate of drug-likeness (QED) is 0.165. The normalized spacial score (nSPS) is 12.0. The van der Waals surface area contributed by atoms with E-state index in [0.29, 0.717) is 0 Å². The maximum Gasteiger partial charge on any atom is 2.00 e. The van der Waals surface area contributed by atoms with Crippen LogP contribution in [0.15, 0.2) is 218 Å². The summed E-state index contributed by atoms with van der Waals surface area (Å²) in [7, 11) is 0. The van der Waals surface area contributed by atoms with E-state index in [1.54, 1.807) is 0 Å². The second-order valence-electron chi connectivity index (χ2n) is 25.2. The van der Waals surface area contributed by atoms with E-state index in [9.17, 15) is 0 Å². The van der Waals surface area contributed by atoms with Crippen LogP contribution in [0.4, 0.5) is 0 Å². The minimum Gasteiger partial charge on any atom is -0.656 e. The van der Waals surface area contributed by atoms with Gasteiger partial charge in [-0.2, -0.15) is 0 Å². The van der Waals surface area contributed by atoms with Gasteiger partial charge in [0.1, 0.15) is 0 Å². The van der Waals surface area contributed by atoms with Crippen LogP contribution >= 0.6 is 0 Å². The average molecular weight is 1230 g/mol. The molecule has 12 aromatic carbocycles. The largest absolute Gasteiger partial charge is 2.00 e. The van der Waals surface area contributed by atoms with Crippen LogP contribution in [0.5, 0.6) is 0 Å². The first-order valence-electron chi connectivity index (χ1n) is 30.6. The van der Waals surface area contributed by atoms with Gasteiger partial charge in [-0.3, -0.25) is 0 Å². The minimum atomic E-state index is 0. The molecule has 0 unspecified atom stereocenters. The molecule has 0 saturated carbocycles. The molecular weight excluding hydrogens is 1170 g/mol. The van der Waals surface area contributed by atoms with Crippen molar-refractivity contribution < 1.29 is 20.4 Å². The fourth-order valence-electron chi connectivity index (χ4n) is 15.0. The van der Waals surface area contributed by atoms with Crippen LogP contribution in [0.3, 0.4) is 0 Å². The number of aromatic nitrogens is 4. The van der Waals surface area contributed by atoms with Crippen molar-refractivity contribution in [1.82, 2.24) is 19.9 Å². The van der Waals surface area contributed by atoms with E-state index in [1.807, 2.05) is 0 Å². The van der Waals surface area contributed by atoms with Crippen LogP contribution in [-0.2, 0) is 20.4 Å². The van der Waals surface area contributed by atoms with Gasteiger partial charge >= 0.3 is 20.4 Å². The third-order valence-electron chi connectivity index (χ3n) is 18.4. The maximum atomic E-state index is 6.29. The number of aryl methyl sites for hydroxylation is 8. The molecule has 0 saturated heterocycles. The monoisotopic (exact) mass is 1230 g/mol. The molecule has 14 aromatic rings. The summed E-state index contributed by atoms with van der Waals surface area (Å²) in [5.74, 6) is 0. The number of benzene rings is 12. The topological polar surface area (TPSA) is 54.0 Å². The van der Waals surface area contributed by atoms with Gasteiger partial charge in [0.25, 0.3) is 0 Å². The van der Waals surface area contributed by atoms with Gasteiger partial charge in [0.15, 0.2) is 0 Å². The Balaban J connectivity index is 0.00000636. The van der Waals surface area contributed by atoms with Crippen LogP contribution < -0.4 is 9.97 Å². The van der Waals surface area contributed by atoms with Gasteiger partial charge in [0.05, 0.1) is 22.8 Å². The number of rotatable bonds is 4. The standard InChI is InChI=1S/C84H60N4.Pd/c1-45-25-46(2)30-61(29-45)73-77-65-37-53-17-9-11-19-55(53)39-67(65)79(85-77)74(62-31-47(3)26-48(4)32-62)81-69-41-57-21-13-15-23-59(57)43-71(69)83(87-81)76(64-35-51(7)28-52(8)36-64)84-72-44-60-24-16-14-22-58(60)42-70(72)82(88-84)75(63-33-49(5)27-50(6)34-63)80-68-40-56-20-12-10-18-54(56)38-66(68)78(73)86-80;/h9-44H,1-8H3;/q-2;+2. The molecule has 1 aliphatic carbocycles. The fraction of sp³-hybridized carbons (Fsp3) is 0.0952. The zero-order valence-electron chi connectivity index (χ0n) is 50.9. The van der Waals surface area contributed by atoms with Gasteiger partial charge in [-0.15, -0.1) is 22.1 Å². The van der Waals surface area contributed by atoms with E-state index in [4.69, 9.17) is 19.9 Å². The molecular formula is C84H60N4Pd. The predicted molar refractivity (Wildman–Crippen MR) is 372 cm³/mol. The molecule has 17 rings (SSSR count). The zero-order chi connectivity index (χ0) is 59.4. The third kappa shape index (κ3) is 8.82. The van der Waals surface area contributed by atoms with E-state index in [2.05, 4.69) is 274 Å². The zero-order valence-corrected chi connectivity index (χ0v) is 52.4. The molecule has 426 valence electrons. The fourth-order valence-corrected chi connectivity index (χ4v) is 15.0. The summed E-state index contributed by atoms with van der Waals surface area (Å²) in [6.45, 7) is 17.7. The van der Waals surface area contributed by atoms with E-state index in [-0.39, 0.29) is 20.4 Å². The van der Waals surface area contributed by atoms with E-state index in [1.165, 1.54) is 0 Å². The Hall–Kier alpha value is -10.0. The Morgan fingerprint density at radius 3 is 0.596 bits per heavy atom. The van der Waals surface area contributed by atoms with Crippen LogP contribution in [0.25, 0.3) is 176 Å². The summed E-state index contributed by atoms with van der Waals surface area (Å²) in [6.07, 6.45) is 0. The molecule has 89 heavy (non-hydrogen) atoms. The van der Waals surface area contributed by atoms with Gasteiger partial charge in [-0.1, -0.05) is 214 Å². The van der Waals surface area contributed by atoms with Crippen LogP contribution in [-0.4, -0.2) is 9.97 Å². The number of hydrogen-bond donors (Lipinski definition) is 0. The van der Waals surface area contributed by atoms with Gasteiger partial charge in [-0.05, 0) is 213 Å². The Bertz CT molecular complexity index is 5010. The summed E-state index contributed by atoms with van der Waals surface area (Å²) in [6, 6.07) is 81.9. The Kier molecular flexibility index (Phi) is 12.6. The van der Waals surface area contributed by atoms with Crippen molar-refractivity contribution in [2.75, 3.05) is 0 Å². The van der Waals surface area contributed by atoms with Crippen molar-refractivity contribution in [2.45, 2.75) is 55.4 Å². The van der Waals surface area contributed by atoms with Crippen molar-refractivity contribution in [3.63, 3.8) is 0 Å². The van der Waals surface area contributed by atoms with E-state index in [0.717, 1.165) is 221 Å². The summed E-state index contributed by atoms with van der Waals surface area (Å²) in [4.78, 5) is 25.2. The first-order chi connectivity index (χ1) is 42.8. The van der Waals surface area contributed by atoms with Gasteiger partial charge in [0, 0.05) is 22.3 Å². The van der Waals surface area contributed by atoms with Crippen molar-refractivity contribution >= 4 is 86.7 Å². The van der Waals surface area contributed by atoms with Crippen LogP contribution in [0.2, 0.25) is 0 Å². The second kappa shape index (κ2) is 20.5. The van der Waals surface area contributed by atoms with Crippen LogP contribution in [0.1, 0.15) is 44.5 Å². The minimum absolute atomic E-state index is 0. The van der Waals surface area contributed by atoms with Crippen LogP contribution in [0, 0.1) is 55.4 Å². The molecule has 2 aromatic heterocycles. The molecule has 4 nitrogen and oxygen atoms in total. The van der Waals surface area contributed by atoms with Gasteiger partial charge in [-0.25, -0.2) is 9.97 Å². The molecule has 2 aliphatic heterocycles. The predicted octanol–water partition coefficient (Wildman–Crippen LogP) is 22.3. The average Bonchev–Trinajstić information content (AvgIpc) is 1.58. The Morgan fingerprint density at radius 2 is 0.404 bits per heavy atom. The van der Waals surface area contributed by atoms with Gasteiger partial charge < -0.3 is 9.97 Å². The molecule has 8 bridgehead atoms. The molecule has 0 fully saturated rings. The number of nitrogens with zero attached hydrogens (tertiary/aromatic N) is 4. The van der Waals surface area contributed by atoms with E-state index < -0.39 is 0 Å². The molecule has 3 aliphatic rings.